The Bertz CT molecular complexity index is 704. The van der Waals surface area contributed by atoms with Crippen LogP contribution in [0.1, 0.15) is 21.5 Å². The van der Waals surface area contributed by atoms with E-state index >= 15 is 0 Å². The Morgan fingerprint density at radius 3 is 2.57 bits per heavy atom. The van der Waals surface area contributed by atoms with E-state index in [9.17, 15) is 9.18 Å². The van der Waals surface area contributed by atoms with Gasteiger partial charge in [0.15, 0.2) is 0 Å². The molecular formula is C16H14FN3O. The highest BCUT2D eigenvalue weighted by molar-refractivity contribution is 5.95. The van der Waals surface area contributed by atoms with Crippen molar-refractivity contribution in [3.63, 3.8) is 0 Å². The Morgan fingerprint density at radius 1 is 1.29 bits per heavy atom. The minimum Gasteiger partial charge on any atom is -0.399 e. The van der Waals surface area contributed by atoms with Crippen molar-refractivity contribution in [2.75, 3.05) is 12.8 Å². The van der Waals surface area contributed by atoms with Crippen LogP contribution in [0.4, 0.5) is 10.1 Å². The third-order valence-electron chi connectivity index (χ3n) is 3.07. The Labute approximate surface area is 122 Å². The summed E-state index contributed by atoms with van der Waals surface area (Å²) in [6.07, 6.45) is 0. The molecule has 2 aromatic carbocycles. The molecule has 0 aromatic heterocycles. The van der Waals surface area contributed by atoms with E-state index in [0.717, 1.165) is 5.56 Å². The number of amides is 1. The van der Waals surface area contributed by atoms with Crippen LogP contribution in [0.2, 0.25) is 0 Å². The number of halogens is 1. The summed E-state index contributed by atoms with van der Waals surface area (Å²) in [5, 5.41) is 8.74. The predicted octanol–water partition coefficient (Wildman–Crippen LogP) is 2.55. The first-order valence-corrected chi connectivity index (χ1v) is 6.31. The number of anilines is 1. The molecule has 0 fully saturated rings. The van der Waals surface area contributed by atoms with Crippen LogP contribution in [0.15, 0.2) is 42.5 Å². The van der Waals surface area contributed by atoms with Gasteiger partial charge in [-0.1, -0.05) is 12.1 Å². The monoisotopic (exact) mass is 283 g/mol. The van der Waals surface area contributed by atoms with Gasteiger partial charge in [0.05, 0.1) is 17.2 Å². The van der Waals surface area contributed by atoms with Crippen molar-refractivity contribution in [2.45, 2.75) is 6.54 Å². The van der Waals surface area contributed by atoms with Gasteiger partial charge in [0.2, 0.25) is 0 Å². The number of rotatable bonds is 3. The minimum absolute atomic E-state index is 0.0499. The van der Waals surface area contributed by atoms with Crippen LogP contribution in [0.3, 0.4) is 0 Å². The van der Waals surface area contributed by atoms with Crippen molar-refractivity contribution >= 4 is 11.6 Å². The second kappa shape index (κ2) is 6.06. The van der Waals surface area contributed by atoms with Crippen LogP contribution in [0.5, 0.6) is 0 Å². The van der Waals surface area contributed by atoms with E-state index in [1.165, 1.54) is 23.1 Å². The first-order chi connectivity index (χ1) is 10.0. The molecule has 1 amide bonds. The molecule has 0 aliphatic heterocycles. The zero-order valence-corrected chi connectivity index (χ0v) is 11.5. The van der Waals surface area contributed by atoms with Crippen molar-refractivity contribution in [2.24, 2.45) is 0 Å². The van der Waals surface area contributed by atoms with Crippen molar-refractivity contribution in [1.29, 1.82) is 5.26 Å². The van der Waals surface area contributed by atoms with E-state index in [1.54, 1.807) is 31.3 Å². The average molecular weight is 283 g/mol. The van der Waals surface area contributed by atoms with Gasteiger partial charge >= 0.3 is 0 Å². The van der Waals surface area contributed by atoms with E-state index in [2.05, 4.69) is 0 Å². The molecule has 0 aliphatic carbocycles. The highest BCUT2D eigenvalue weighted by Gasteiger charge is 2.16. The molecule has 0 unspecified atom stereocenters. The van der Waals surface area contributed by atoms with Gasteiger partial charge in [-0.2, -0.15) is 5.26 Å². The normalized spacial score (nSPS) is 9.95. The van der Waals surface area contributed by atoms with Gasteiger partial charge in [-0.05, 0) is 35.9 Å². The van der Waals surface area contributed by atoms with Gasteiger partial charge < -0.3 is 10.6 Å². The molecule has 0 spiro atoms. The second-order valence-electron chi connectivity index (χ2n) is 4.71. The van der Waals surface area contributed by atoms with Gasteiger partial charge in [-0.15, -0.1) is 0 Å². The number of nitriles is 1. The van der Waals surface area contributed by atoms with Gasteiger partial charge in [0, 0.05) is 19.3 Å². The van der Waals surface area contributed by atoms with Gasteiger partial charge in [-0.25, -0.2) is 4.39 Å². The number of carbonyl (C=O) groups excluding carboxylic acids is 1. The molecule has 106 valence electrons. The molecular weight excluding hydrogens is 269 g/mol. The van der Waals surface area contributed by atoms with Crippen molar-refractivity contribution in [1.82, 2.24) is 4.90 Å². The highest BCUT2D eigenvalue weighted by atomic mass is 19.1. The zero-order valence-electron chi connectivity index (χ0n) is 11.5. The van der Waals surface area contributed by atoms with Crippen LogP contribution in [0, 0.1) is 17.1 Å². The molecule has 2 rings (SSSR count). The second-order valence-corrected chi connectivity index (χ2v) is 4.71. The third kappa shape index (κ3) is 3.37. The first kappa shape index (κ1) is 14.5. The van der Waals surface area contributed by atoms with Gasteiger partial charge in [0.1, 0.15) is 5.82 Å². The largest absolute Gasteiger partial charge is 0.399 e. The maximum absolute atomic E-state index is 13.7. The van der Waals surface area contributed by atoms with Crippen molar-refractivity contribution in [3.05, 3.63) is 65.0 Å². The Balaban J connectivity index is 2.15. The van der Waals surface area contributed by atoms with E-state index in [-0.39, 0.29) is 5.56 Å². The number of hydrogen-bond acceptors (Lipinski definition) is 3. The number of carbonyl (C=O) groups is 1. The molecule has 0 saturated carbocycles. The third-order valence-corrected chi connectivity index (χ3v) is 3.07. The summed E-state index contributed by atoms with van der Waals surface area (Å²) in [6, 6.07) is 12.8. The van der Waals surface area contributed by atoms with E-state index in [1.807, 2.05) is 6.07 Å². The minimum atomic E-state index is -0.596. The van der Waals surface area contributed by atoms with Crippen LogP contribution in [-0.4, -0.2) is 17.9 Å². The lowest BCUT2D eigenvalue weighted by molar-refractivity contribution is 0.0780. The summed E-state index contributed by atoms with van der Waals surface area (Å²) in [6.45, 7) is 0.318. The lowest BCUT2D eigenvalue weighted by Gasteiger charge is -2.18. The molecule has 0 radical (unpaired) electrons. The van der Waals surface area contributed by atoms with Crippen LogP contribution < -0.4 is 5.73 Å². The fourth-order valence-electron chi connectivity index (χ4n) is 1.94. The van der Waals surface area contributed by atoms with Crippen molar-refractivity contribution < 1.29 is 9.18 Å². The summed E-state index contributed by atoms with van der Waals surface area (Å²) in [5.74, 6) is -1.04. The summed E-state index contributed by atoms with van der Waals surface area (Å²) in [4.78, 5) is 13.6. The quantitative estimate of drug-likeness (QED) is 0.880. The average Bonchev–Trinajstić information content (AvgIpc) is 2.49. The molecule has 0 atom stereocenters. The van der Waals surface area contributed by atoms with E-state index < -0.39 is 11.7 Å². The van der Waals surface area contributed by atoms with Crippen LogP contribution >= 0.6 is 0 Å². The molecule has 2 N–H and O–H groups in total. The lowest BCUT2D eigenvalue weighted by Crippen LogP contribution is -2.27. The summed E-state index contributed by atoms with van der Waals surface area (Å²) in [5.41, 5.74) is 7.28. The Hall–Kier alpha value is -2.87. The Kier molecular flexibility index (Phi) is 4.19. The SMILES string of the molecule is CN(Cc1ccc(C#N)cc1)C(=O)c1cc(N)ccc1F. The van der Waals surface area contributed by atoms with E-state index in [0.29, 0.717) is 17.8 Å². The molecule has 0 aliphatic rings. The summed E-state index contributed by atoms with van der Waals surface area (Å²) < 4.78 is 13.7. The molecule has 5 heteroatoms. The smallest absolute Gasteiger partial charge is 0.256 e. The molecule has 21 heavy (non-hydrogen) atoms. The zero-order chi connectivity index (χ0) is 15.4. The molecule has 4 nitrogen and oxygen atoms in total. The topological polar surface area (TPSA) is 70.1 Å². The summed E-state index contributed by atoms with van der Waals surface area (Å²) in [7, 11) is 1.59. The summed E-state index contributed by atoms with van der Waals surface area (Å²) >= 11 is 0. The maximum Gasteiger partial charge on any atom is 0.256 e. The number of nitrogens with zero attached hydrogens (tertiary/aromatic N) is 2. The Morgan fingerprint density at radius 2 is 1.95 bits per heavy atom. The van der Waals surface area contributed by atoms with Crippen molar-refractivity contribution in [3.8, 4) is 6.07 Å². The molecule has 0 saturated heterocycles. The predicted molar refractivity (Wildman–Crippen MR) is 77.8 cm³/mol. The standard InChI is InChI=1S/C16H14FN3O/c1-20(10-12-4-2-11(9-18)3-5-12)16(21)14-8-13(19)6-7-15(14)17/h2-8H,10,19H2,1H3. The number of nitrogens with two attached hydrogens (primary N) is 1. The highest BCUT2D eigenvalue weighted by Crippen LogP contribution is 2.15. The number of hydrogen-bond donors (Lipinski definition) is 1. The molecule has 0 bridgehead atoms. The maximum atomic E-state index is 13.7. The number of nitrogen functional groups attached to an aromatic ring is 1. The fraction of sp³-hybridized carbons (Fsp3) is 0.125. The van der Waals surface area contributed by atoms with Gasteiger partial charge in [0.25, 0.3) is 5.91 Å². The first-order valence-electron chi connectivity index (χ1n) is 6.31. The lowest BCUT2D eigenvalue weighted by atomic mass is 10.1. The van der Waals surface area contributed by atoms with E-state index in [4.69, 9.17) is 11.0 Å². The number of benzene rings is 2. The van der Waals surface area contributed by atoms with Gasteiger partial charge in [-0.3, -0.25) is 4.79 Å². The van der Waals surface area contributed by atoms with Crippen LogP contribution in [0.25, 0.3) is 0 Å². The molecule has 2 aromatic rings. The fourth-order valence-corrected chi connectivity index (χ4v) is 1.94. The molecule has 0 heterocycles. The van der Waals surface area contributed by atoms with Crippen LogP contribution in [-0.2, 0) is 6.54 Å².